The Morgan fingerprint density at radius 3 is 2.62 bits per heavy atom. The summed E-state index contributed by atoms with van der Waals surface area (Å²) in [5.41, 5.74) is -0.846. The van der Waals surface area contributed by atoms with Gasteiger partial charge in [-0.3, -0.25) is 9.36 Å². The Morgan fingerprint density at radius 1 is 1.35 bits per heavy atom. The molecule has 0 aromatic carbocycles. The number of aromatic nitrogens is 3. The summed E-state index contributed by atoms with van der Waals surface area (Å²) in [6.07, 6.45) is 5.98. The second-order valence-corrected chi connectivity index (χ2v) is 8.68. The van der Waals surface area contributed by atoms with Crippen LogP contribution in [0.5, 0.6) is 0 Å². The van der Waals surface area contributed by atoms with Crippen molar-refractivity contribution in [3.8, 4) is 6.07 Å². The number of nitriles is 1. The van der Waals surface area contributed by atoms with E-state index in [0.29, 0.717) is 6.04 Å². The predicted octanol–water partition coefficient (Wildman–Crippen LogP) is 2.75. The van der Waals surface area contributed by atoms with Crippen LogP contribution in [0.2, 0.25) is 0 Å². The fourth-order valence-corrected chi connectivity index (χ4v) is 3.89. The minimum Gasteiger partial charge on any atom is -0.341 e. The third kappa shape index (κ3) is 4.14. The van der Waals surface area contributed by atoms with E-state index in [-0.39, 0.29) is 17.6 Å². The number of carbonyl (C=O) groups is 1. The summed E-state index contributed by atoms with van der Waals surface area (Å²) in [6, 6.07) is 2.68. The zero-order valence-electron chi connectivity index (χ0n) is 15.9. The Kier molecular flexibility index (Phi) is 5.76. The molecule has 2 aliphatic rings. The molecule has 1 N–H and O–H groups in total. The van der Waals surface area contributed by atoms with E-state index in [1.165, 1.54) is 31.0 Å². The van der Waals surface area contributed by atoms with Crippen LogP contribution in [0.4, 0.5) is 5.95 Å². The highest BCUT2D eigenvalue weighted by Gasteiger charge is 2.33. The molecule has 142 valence electrons. The van der Waals surface area contributed by atoms with Crippen LogP contribution in [0, 0.1) is 17.2 Å². The summed E-state index contributed by atoms with van der Waals surface area (Å²) >= 11 is 1.41. The number of thioether (sulfide) groups is 1. The van der Waals surface area contributed by atoms with Crippen LogP contribution < -0.4 is 10.2 Å². The van der Waals surface area contributed by atoms with Gasteiger partial charge in [0.15, 0.2) is 5.16 Å². The van der Waals surface area contributed by atoms with Crippen LogP contribution in [0.1, 0.15) is 58.9 Å². The van der Waals surface area contributed by atoms with Crippen molar-refractivity contribution in [2.75, 3.05) is 23.7 Å². The van der Waals surface area contributed by atoms with Crippen molar-refractivity contribution in [2.24, 2.45) is 5.92 Å². The number of rotatable bonds is 7. The van der Waals surface area contributed by atoms with Crippen molar-refractivity contribution in [1.82, 2.24) is 20.1 Å². The third-order valence-electron chi connectivity index (χ3n) is 5.32. The first kappa shape index (κ1) is 19.0. The number of piperidine rings is 1. The minimum atomic E-state index is -0.846. The van der Waals surface area contributed by atoms with Gasteiger partial charge in [-0.05, 0) is 44.9 Å². The normalized spacial score (nSPS) is 19.9. The smallest absolute Gasteiger partial charge is 0.231 e. The molecule has 2 heterocycles. The number of anilines is 1. The molecule has 1 saturated carbocycles. The monoisotopic (exact) mass is 376 g/mol. The van der Waals surface area contributed by atoms with Gasteiger partial charge in [-0.1, -0.05) is 25.6 Å². The van der Waals surface area contributed by atoms with Crippen molar-refractivity contribution < 1.29 is 4.79 Å². The maximum atomic E-state index is 12.3. The Labute approximate surface area is 159 Å². The Balaban J connectivity index is 1.66. The molecule has 3 rings (SSSR count). The van der Waals surface area contributed by atoms with Crippen molar-refractivity contribution >= 4 is 23.6 Å². The van der Waals surface area contributed by atoms with Gasteiger partial charge < -0.3 is 10.2 Å². The van der Waals surface area contributed by atoms with E-state index in [9.17, 15) is 10.1 Å². The lowest BCUT2D eigenvalue weighted by Crippen LogP contribution is -2.49. The molecule has 0 bridgehead atoms. The standard InChI is InChI=1S/C18H28N6OS/c1-13(2)18(3,12-19)20-15(25)11-26-17-22-21-16(24(17)14-7-8-14)23-9-5-4-6-10-23/h13-14H,4-11H2,1-3H3,(H,20,25)/t18-/m1/s1. The van der Waals surface area contributed by atoms with Crippen LogP contribution >= 0.6 is 11.8 Å². The van der Waals surface area contributed by atoms with Crippen LogP contribution in [0.3, 0.4) is 0 Å². The number of hydrogen-bond acceptors (Lipinski definition) is 6. The number of hydrogen-bond donors (Lipinski definition) is 1. The fourth-order valence-electron chi connectivity index (χ4n) is 3.09. The molecule has 1 aliphatic heterocycles. The molecule has 1 saturated heterocycles. The quantitative estimate of drug-likeness (QED) is 0.736. The van der Waals surface area contributed by atoms with E-state index in [2.05, 4.69) is 31.1 Å². The molecule has 1 atom stereocenters. The van der Waals surface area contributed by atoms with Gasteiger partial charge in [0, 0.05) is 19.1 Å². The SMILES string of the molecule is CC(C)[C@@](C)(C#N)NC(=O)CSc1nnc(N2CCCCC2)n1C1CC1. The van der Waals surface area contributed by atoms with Gasteiger partial charge in [-0.2, -0.15) is 5.26 Å². The number of nitrogens with one attached hydrogen (secondary N) is 1. The first-order chi connectivity index (χ1) is 12.4. The second kappa shape index (κ2) is 7.87. The highest BCUT2D eigenvalue weighted by molar-refractivity contribution is 7.99. The maximum Gasteiger partial charge on any atom is 0.231 e. The molecule has 26 heavy (non-hydrogen) atoms. The third-order valence-corrected chi connectivity index (χ3v) is 6.26. The minimum absolute atomic E-state index is 0.0438. The lowest BCUT2D eigenvalue weighted by Gasteiger charge is -2.28. The summed E-state index contributed by atoms with van der Waals surface area (Å²) in [7, 11) is 0. The first-order valence-electron chi connectivity index (χ1n) is 9.49. The average Bonchev–Trinajstić information content (AvgIpc) is 3.39. The molecule has 0 unspecified atom stereocenters. The summed E-state index contributed by atoms with van der Waals surface area (Å²) < 4.78 is 2.22. The molecule has 1 aromatic heterocycles. The highest BCUT2D eigenvalue weighted by Crippen LogP contribution is 2.41. The van der Waals surface area contributed by atoms with Crippen molar-refractivity contribution in [1.29, 1.82) is 5.26 Å². The first-order valence-corrected chi connectivity index (χ1v) is 10.5. The Bertz CT molecular complexity index is 686. The van der Waals surface area contributed by atoms with Gasteiger partial charge in [0.25, 0.3) is 0 Å². The number of carbonyl (C=O) groups excluding carboxylic acids is 1. The molecular formula is C18H28N6OS. The number of amides is 1. The molecule has 2 fully saturated rings. The van der Waals surface area contributed by atoms with E-state index < -0.39 is 5.54 Å². The average molecular weight is 377 g/mol. The largest absolute Gasteiger partial charge is 0.341 e. The summed E-state index contributed by atoms with van der Waals surface area (Å²) in [5, 5.41) is 21.8. The van der Waals surface area contributed by atoms with Gasteiger partial charge in [0.2, 0.25) is 11.9 Å². The molecule has 8 heteroatoms. The van der Waals surface area contributed by atoms with Gasteiger partial charge >= 0.3 is 0 Å². The van der Waals surface area contributed by atoms with E-state index >= 15 is 0 Å². The number of nitrogens with zero attached hydrogens (tertiary/aromatic N) is 5. The van der Waals surface area contributed by atoms with Crippen molar-refractivity contribution in [3.63, 3.8) is 0 Å². The van der Waals surface area contributed by atoms with E-state index in [0.717, 1.165) is 37.0 Å². The van der Waals surface area contributed by atoms with Crippen LogP contribution in [-0.4, -0.2) is 45.1 Å². The molecule has 1 amide bonds. The molecule has 7 nitrogen and oxygen atoms in total. The Hall–Kier alpha value is -1.75. The maximum absolute atomic E-state index is 12.3. The highest BCUT2D eigenvalue weighted by atomic mass is 32.2. The topological polar surface area (TPSA) is 86.8 Å². The molecule has 1 aromatic rings. The van der Waals surface area contributed by atoms with Gasteiger partial charge in [0.05, 0.1) is 11.8 Å². The fraction of sp³-hybridized carbons (Fsp3) is 0.778. The van der Waals surface area contributed by atoms with Gasteiger partial charge in [-0.15, -0.1) is 10.2 Å². The zero-order valence-corrected chi connectivity index (χ0v) is 16.7. The molecule has 1 aliphatic carbocycles. The van der Waals surface area contributed by atoms with E-state index in [4.69, 9.17) is 0 Å². The van der Waals surface area contributed by atoms with Crippen LogP contribution in [-0.2, 0) is 4.79 Å². The van der Waals surface area contributed by atoms with Crippen molar-refractivity contribution in [3.05, 3.63) is 0 Å². The second-order valence-electron chi connectivity index (χ2n) is 7.74. The molecule has 0 spiro atoms. The van der Waals surface area contributed by atoms with Gasteiger partial charge in [-0.25, -0.2) is 0 Å². The summed E-state index contributed by atoms with van der Waals surface area (Å²) in [5.74, 6) is 1.11. The molecule has 0 radical (unpaired) electrons. The lowest BCUT2D eigenvalue weighted by molar-refractivity contribution is -0.120. The van der Waals surface area contributed by atoms with Crippen LogP contribution in [0.25, 0.3) is 0 Å². The van der Waals surface area contributed by atoms with E-state index in [1.807, 2.05) is 13.8 Å². The molecular weight excluding hydrogens is 348 g/mol. The predicted molar refractivity (Wildman–Crippen MR) is 102 cm³/mol. The van der Waals surface area contributed by atoms with Crippen LogP contribution in [0.15, 0.2) is 5.16 Å². The summed E-state index contributed by atoms with van der Waals surface area (Å²) in [6.45, 7) is 7.70. The Morgan fingerprint density at radius 2 is 2.04 bits per heavy atom. The zero-order chi connectivity index (χ0) is 18.7. The van der Waals surface area contributed by atoms with Gasteiger partial charge in [0.1, 0.15) is 5.54 Å². The van der Waals surface area contributed by atoms with E-state index in [1.54, 1.807) is 6.92 Å². The lowest BCUT2D eigenvalue weighted by atomic mass is 9.90. The van der Waals surface area contributed by atoms with Crippen molar-refractivity contribution in [2.45, 2.75) is 69.6 Å². The summed E-state index contributed by atoms with van der Waals surface area (Å²) in [4.78, 5) is 14.7.